The van der Waals surface area contributed by atoms with Crippen LogP contribution < -0.4 is 0 Å². The highest BCUT2D eigenvalue weighted by atomic mass is 35.5. The number of piperazine rings is 1. The Labute approximate surface area is 204 Å². The highest BCUT2D eigenvalue weighted by molar-refractivity contribution is 6.30. The van der Waals surface area contributed by atoms with Crippen LogP contribution in [0.4, 0.5) is 4.79 Å². The molecule has 2 atom stereocenters. The fourth-order valence-electron chi connectivity index (χ4n) is 5.61. The van der Waals surface area contributed by atoms with Gasteiger partial charge < -0.3 is 9.84 Å². The van der Waals surface area contributed by atoms with E-state index >= 15 is 0 Å². The Hall–Kier alpha value is -2.64. The van der Waals surface area contributed by atoms with Crippen molar-refractivity contribution in [3.05, 3.63) is 63.9 Å². The van der Waals surface area contributed by atoms with E-state index in [0.717, 1.165) is 67.3 Å². The van der Waals surface area contributed by atoms with Crippen molar-refractivity contribution in [2.75, 3.05) is 19.6 Å². The molecule has 1 aromatic carbocycles. The molecule has 1 amide bonds. The number of aliphatic carboxylic acids is 1. The summed E-state index contributed by atoms with van der Waals surface area (Å²) in [5.41, 5.74) is 4.36. The number of carbonyl (C=O) groups is 2. The first kappa shape index (κ1) is 23.1. The molecule has 0 bridgehead atoms. The van der Waals surface area contributed by atoms with Gasteiger partial charge in [0.1, 0.15) is 12.1 Å². The van der Waals surface area contributed by atoms with Gasteiger partial charge in [-0.2, -0.15) is 0 Å². The van der Waals surface area contributed by atoms with Crippen LogP contribution in [-0.2, 0) is 22.4 Å². The van der Waals surface area contributed by atoms with Gasteiger partial charge in [-0.05, 0) is 73.4 Å². The summed E-state index contributed by atoms with van der Waals surface area (Å²) in [6, 6.07) is 8.79. The average molecular weight is 484 g/mol. The third-order valence-corrected chi connectivity index (χ3v) is 7.60. The van der Waals surface area contributed by atoms with Gasteiger partial charge in [0.2, 0.25) is 0 Å². The van der Waals surface area contributed by atoms with E-state index in [9.17, 15) is 14.7 Å². The van der Waals surface area contributed by atoms with Crippen molar-refractivity contribution in [2.45, 2.75) is 63.1 Å². The van der Waals surface area contributed by atoms with Gasteiger partial charge in [-0.25, -0.2) is 9.59 Å². The number of carbonyl (C=O) groups excluding carboxylic acids is 1. The quantitative estimate of drug-likeness (QED) is 0.693. The smallest absolute Gasteiger partial charge is 0.410 e. The molecule has 8 heteroatoms. The normalized spacial score (nSPS) is 23.5. The van der Waals surface area contributed by atoms with Gasteiger partial charge in [-0.15, -0.1) is 0 Å². The number of pyridine rings is 1. The number of rotatable bonds is 3. The largest absolute Gasteiger partial charge is 0.480 e. The van der Waals surface area contributed by atoms with E-state index in [0.29, 0.717) is 18.1 Å². The van der Waals surface area contributed by atoms with Crippen molar-refractivity contribution in [3.8, 4) is 0 Å². The SMILES string of the molecule is O=C(O)[C@H]1CN([C@H]2c3ccc(Cl)cc3CCc3cccnc32)CCN1C(=O)OC1CCCCC1. The number of halogens is 1. The molecule has 2 fully saturated rings. The zero-order valence-corrected chi connectivity index (χ0v) is 19.9. The first-order chi connectivity index (χ1) is 16.5. The van der Waals surface area contributed by atoms with Crippen LogP contribution in [0.2, 0.25) is 5.02 Å². The van der Waals surface area contributed by atoms with E-state index in [4.69, 9.17) is 21.3 Å². The number of hydrogen-bond donors (Lipinski definition) is 1. The number of carboxylic acids is 1. The van der Waals surface area contributed by atoms with Gasteiger partial charge in [-0.3, -0.25) is 14.8 Å². The van der Waals surface area contributed by atoms with Crippen molar-refractivity contribution < 1.29 is 19.4 Å². The van der Waals surface area contributed by atoms with E-state index in [1.54, 1.807) is 6.20 Å². The number of fused-ring (bicyclic) bond motifs is 2. The molecule has 1 saturated heterocycles. The fraction of sp³-hybridized carbons (Fsp3) is 0.500. The number of aryl methyl sites for hydroxylation is 2. The lowest BCUT2D eigenvalue weighted by Gasteiger charge is -2.43. The van der Waals surface area contributed by atoms with Gasteiger partial charge >= 0.3 is 12.1 Å². The summed E-state index contributed by atoms with van der Waals surface area (Å²) >= 11 is 6.31. The molecule has 3 aliphatic rings. The van der Waals surface area contributed by atoms with Crippen molar-refractivity contribution in [3.63, 3.8) is 0 Å². The lowest BCUT2D eigenvalue weighted by atomic mass is 9.95. The van der Waals surface area contributed by atoms with Gasteiger partial charge in [0, 0.05) is 30.9 Å². The number of hydrogen-bond acceptors (Lipinski definition) is 5. The van der Waals surface area contributed by atoms with Crippen LogP contribution in [-0.4, -0.2) is 63.7 Å². The lowest BCUT2D eigenvalue weighted by Crippen LogP contribution is -2.59. The zero-order valence-electron chi connectivity index (χ0n) is 19.2. The highest BCUT2D eigenvalue weighted by Crippen LogP contribution is 2.38. The molecule has 1 aliphatic heterocycles. The summed E-state index contributed by atoms with van der Waals surface area (Å²) < 4.78 is 5.72. The summed E-state index contributed by atoms with van der Waals surface area (Å²) in [4.78, 5) is 33.5. The molecule has 2 aliphatic carbocycles. The van der Waals surface area contributed by atoms with Crippen molar-refractivity contribution >= 4 is 23.7 Å². The van der Waals surface area contributed by atoms with E-state index in [1.165, 1.54) is 4.90 Å². The van der Waals surface area contributed by atoms with Crippen LogP contribution in [0.1, 0.15) is 60.5 Å². The van der Waals surface area contributed by atoms with Crippen molar-refractivity contribution in [1.82, 2.24) is 14.8 Å². The Balaban J connectivity index is 1.42. The summed E-state index contributed by atoms with van der Waals surface area (Å²) in [5, 5.41) is 10.7. The second kappa shape index (κ2) is 9.92. The summed E-state index contributed by atoms with van der Waals surface area (Å²) in [6.45, 7) is 1.04. The molecule has 0 radical (unpaired) electrons. The lowest BCUT2D eigenvalue weighted by molar-refractivity contribution is -0.145. The molecule has 2 heterocycles. The van der Waals surface area contributed by atoms with E-state index in [-0.39, 0.29) is 18.7 Å². The monoisotopic (exact) mass is 483 g/mol. The Kier molecular flexibility index (Phi) is 6.75. The van der Waals surface area contributed by atoms with Crippen LogP contribution in [0.3, 0.4) is 0 Å². The third-order valence-electron chi connectivity index (χ3n) is 7.36. The Morgan fingerprint density at radius 2 is 1.85 bits per heavy atom. The average Bonchev–Trinajstić information content (AvgIpc) is 3.01. The maximum absolute atomic E-state index is 12.9. The summed E-state index contributed by atoms with van der Waals surface area (Å²) in [6.07, 6.45) is 7.84. The van der Waals surface area contributed by atoms with E-state index in [1.807, 2.05) is 24.3 Å². The molecule has 180 valence electrons. The van der Waals surface area contributed by atoms with Crippen LogP contribution in [0, 0.1) is 0 Å². The summed E-state index contributed by atoms with van der Waals surface area (Å²) in [7, 11) is 0. The fourth-order valence-corrected chi connectivity index (χ4v) is 5.81. The predicted octanol–water partition coefficient (Wildman–Crippen LogP) is 4.46. The Morgan fingerprint density at radius 3 is 2.65 bits per heavy atom. The molecule has 7 nitrogen and oxygen atoms in total. The third kappa shape index (κ3) is 4.64. The molecule has 0 spiro atoms. The standard InChI is InChI=1S/C26H30ClN3O4/c27-19-10-11-21-18(15-19)9-8-17-5-4-12-28-23(17)24(21)29-13-14-30(22(16-29)25(31)32)26(33)34-20-6-2-1-3-7-20/h4-5,10-12,15,20,22,24H,1-3,6-9,13-14,16H2,(H,31,32)/t22-,24+/m1/s1. The first-order valence-corrected chi connectivity index (χ1v) is 12.6. The molecular weight excluding hydrogens is 454 g/mol. The minimum atomic E-state index is -1.02. The van der Waals surface area contributed by atoms with Crippen LogP contribution in [0.15, 0.2) is 36.5 Å². The van der Waals surface area contributed by atoms with Gasteiger partial charge in [0.15, 0.2) is 0 Å². The van der Waals surface area contributed by atoms with Crippen molar-refractivity contribution in [1.29, 1.82) is 0 Å². The van der Waals surface area contributed by atoms with Gasteiger partial charge in [0.25, 0.3) is 0 Å². The number of aromatic nitrogens is 1. The summed E-state index contributed by atoms with van der Waals surface area (Å²) in [5.74, 6) is -1.02. The van der Waals surface area contributed by atoms with Gasteiger partial charge in [-0.1, -0.05) is 30.2 Å². The van der Waals surface area contributed by atoms with Crippen LogP contribution in [0.5, 0.6) is 0 Å². The van der Waals surface area contributed by atoms with Crippen molar-refractivity contribution in [2.24, 2.45) is 0 Å². The number of carboxylic acid groups (broad SMARTS) is 1. The number of benzene rings is 1. The molecule has 0 unspecified atom stereocenters. The van der Waals surface area contributed by atoms with E-state index in [2.05, 4.69) is 11.0 Å². The zero-order chi connectivity index (χ0) is 23.7. The number of nitrogens with zero attached hydrogens (tertiary/aromatic N) is 3. The minimum Gasteiger partial charge on any atom is -0.480 e. The molecule has 1 saturated carbocycles. The molecular formula is C26H30ClN3O4. The second-order valence-electron chi connectivity index (χ2n) is 9.48. The van der Waals surface area contributed by atoms with Crippen LogP contribution >= 0.6 is 11.6 Å². The highest BCUT2D eigenvalue weighted by Gasteiger charge is 2.41. The number of ether oxygens (including phenoxy) is 1. The predicted molar refractivity (Wildman–Crippen MR) is 128 cm³/mol. The van der Waals surface area contributed by atoms with Gasteiger partial charge in [0.05, 0.1) is 11.7 Å². The molecule has 34 heavy (non-hydrogen) atoms. The molecule has 5 rings (SSSR count). The first-order valence-electron chi connectivity index (χ1n) is 12.2. The maximum atomic E-state index is 12.9. The van der Waals surface area contributed by atoms with Crippen LogP contribution in [0.25, 0.3) is 0 Å². The molecule has 1 N–H and O–H groups in total. The number of amides is 1. The maximum Gasteiger partial charge on any atom is 0.410 e. The second-order valence-corrected chi connectivity index (χ2v) is 9.92. The Morgan fingerprint density at radius 1 is 1.06 bits per heavy atom. The molecule has 1 aromatic heterocycles. The Bertz CT molecular complexity index is 1070. The molecule has 2 aromatic rings. The minimum absolute atomic E-state index is 0.108. The van der Waals surface area contributed by atoms with E-state index < -0.39 is 18.1 Å². The topological polar surface area (TPSA) is 83.0 Å².